The van der Waals surface area contributed by atoms with Crippen LogP contribution in [0.3, 0.4) is 0 Å². The summed E-state index contributed by atoms with van der Waals surface area (Å²) < 4.78 is 7.26. The molecule has 7 nitrogen and oxygen atoms in total. The Kier molecular flexibility index (Phi) is 6.26. The van der Waals surface area contributed by atoms with E-state index in [0.717, 1.165) is 38.9 Å². The molecule has 0 atom stereocenters. The fraction of sp³-hybridized carbons (Fsp3) is 0.600. The molecular formula is C20H27N5O2S. The zero-order valence-corrected chi connectivity index (χ0v) is 16.9. The fourth-order valence-corrected chi connectivity index (χ4v) is 5.07. The summed E-state index contributed by atoms with van der Waals surface area (Å²) in [5.74, 6) is 0.364. The van der Waals surface area contributed by atoms with Crippen molar-refractivity contribution in [2.24, 2.45) is 0 Å². The summed E-state index contributed by atoms with van der Waals surface area (Å²) in [5.41, 5.74) is 1.41. The summed E-state index contributed by atoms with van der Waals surface area (Å²) in [6.07, 6.45) is 6.52. The molecule has 28 heavy (non-hydrogen) atoms. The van der Waals surface area contributed by atoms with Crippen molar-refractivity contribution in [3.05, 3.63) is 35.9 Å². The van der Waals surface area contributed by atoms with Crippen molar-refractivity contribution in [3.8, 4) is 0 Å². The Bertz CT molecular complexity index is 770. The fourth-order valence-electron chi connectivity index (χ4n) is 4.30. The van der Waals surface area contributed by atoms with Crippen molar-refractivity contribution in [3.63, 3.8) is 0 Å². The van der Waals surface area contributed by atoms with Crippen LogP contribution in [0.25, 0.3) is 0 Å². The van der Waals surface area contributed by atoms with Crippen LogP contribution in [0.5, 0.6) is 0 Å². The van der Waals surface area contributed by atoms with E-state index in [0.29, 0.717) is 17.5 Å². The minimum Gasteiger partial charge on any atom is -0.381 e. The van der Waals surface area contributed by atoms with E-state index in [9.17, 15) is 4.79 Å². The monoisotopic (exact) mass is 401 g/mol. The Morgan fingerprint density at radius 2 is 1.96 bits per heavy atom. The Morgan fingerprint density at radius 1 is 1.21 bits per heavy atom. The number of nitrogens with zero attached hydrogens (tertiary/aromatic N) is 4. The smallest absolute Gasteiger partial charge is 0.230 e. The second-order valence-electron chi connectivity index (χ2n) is 7.67. The third-order valence-electron chi connectivity index (χ3n) is 5.90. The number of thioether (sulfide) groups is 1. The number of carbonyl (C=O) groups is 1. The van der Waals surface area contributed by atoms with Crippen molar-refractivity contribution in [2.45, 2.75) is 55.1 Å². The molecule has 1 saturated heterocycles. The average Bonchev–Trinajstić information content (AvgIpc) is 3.42. The molecule has 2 fully saturated rings. The molecule has 0 bridgehead atoms. The molecule has 1 amide bonds. The van der Waals surface area contributed by atoms with Gasteiger partial charge in [0.1, 0.15) is 0 Å². The zero-order chi connectivity index (χ0) is 19.2. The van der Waals surface area contributed by atoms with Gasteiger partial charge in [-0.2, -0.15) is 0 Å². The second-order valence-corrected chi connectivity index (χ2v) is 8.61. The largest absolute Gasteiger partial charge is 0.381 e. The van der Waals surface area contributed by atoms with E-state index < -0.39 is 0 Å². The number of benzene rings is 1. The number of hydrogen-bond acceptors (Lipinski definition) is 6. The van der Waals surface area contributed by atoms with Crippen LogP contribution in [0.15, 0.2) is 35.5 Å². The molecule has 4 rings (SSSR count). The Hall–Kier alpha value is -1.93. The predicted molar refractivity (Wildman–Crippen MR) is 107 cm³/mol. The summed E-state index contributed by atoms with van der Waals surface area (Å²) in [6.45, 7) is 2.16. The molecule has 2 heterocycles. The minimum atomic E-state index is 0.0359. The van der Waals surface area contributed by atoms with Crippen LogP contribution in [-0.2, 0) is 14.9 Å². The standard InChI is InChI=1S/C20H27N5O2S/c26-18(14-28-19-22-23-24-25(19)17-8-12-27-13-9-17)21-15-20(10-4-5-11-20)16-6-2-1-3-7-16/h1-3,6-7,17H,4-5,8-15H2,(H,21,26). The van der Waals surface area contributed by atoms with Crippen molar-refractivity contribution in [1.82, 2.24) is 25.5 Å². The molecule has 1 aromatic carbocycles. The van der Waals surface area contributed by atoms with E-state index in [1.807, 2.05) is 10.7 Å². The number of amides is 1. The number of ether oxygens (including phenoxy) is 1. The number of aromatic nitrogens is 4. The lowest BCUT2D eigenvalue weighted by molar-refractivity contribution is -0.118. The summed E-state index contributed by atoms with van der Waals surface area (Å²) in [7, 11) is 0. The molecule has 8 heteroatoms. The SMILES string of the molecule is O=C(CSc1nnnn1C1CCOCC1)NCC1(c2ccccc2)CCCC1. The highest BCUT2D eigenvalue weighted by Crippen LogP contribution is 2.40. The van der Waals surface area contributed by atoms with Crippen molar-refractivity contribution < 1.29 is 9.53 Å². The molecule has 1 aliphatic carbocycles. The van der Waals surface area contributed by atoms with Crippen LogP contribution in [0, 0.1) is 0 Å². The van der Waals surface area contributed by atoms with E-state index in [1.54, 1.807) is 0 Å². The maximum atomic E-state index is 12.5. The van der Waals surface area contributed by atoms with E-state index in [4.69, 9.17) is 4.74 Å². The zero-order valence-electron chi connectivity index (χ0n) is 16.0. The first-order valence-electron chi connectivity index (χ1n) is 10.1. The van der Waals surface area contributed by atoms with E-state index in [-0.39, 0.29) is 17.4 Å². The first-order chi connectivity index (χ1) is 13.8. The molecule has 1 N–H and O–H groups in total. The van der Waals surface area contributed by atoms with E-state index in [2.05, 4.69) is 45.1 Å². The van der Waals surface area contributed by atoms with E-state index >= 15 is 0 Å². The number of tetrazole rings is 1. The van der Waals surface area contributed by atoms with Crippen LogP contribution in [-0.4, -0.2) is 51.6 Å². The van der Waals surface area contributed by atoms with Gasteiger partial charge in [-0.15, -0.1) is 5.10 Å². The van der Waals surface area contributed by atoms with Gasteiger partial charge in [0.2, 0.25) is 11.1 Å². The van der Waals surface area contributed by atoms with Crippen LogP contribution in [0.4, 0.5) is 0 Å². The van der Waals surface area contributed by atoms with Crippen LogP contribution >= 0.6 is 11.8 Å². The maximum absolute atomic E-state index is 12.5. The molecule has 1 saturated carbocycles. The molecule has 2 aliphatic rings. The van der Waals surface area contributed by atoms with Gasteiger partial charge < -0.3 is 10.1 Å². The first kappa shape index (κ1) is 19.4. The molecule has 0 radical (unpaired) electrons. The average molecular weight is 402 g/mol. The van der Waals surface area contributed by atoms with E-state index in [1.165, 1.54) is 30.2 Å². The molecule has 0 spiro atoms. The minimum absolute atomic E-state index is 0.0359. The lowest BCUT2D eigenvalue weighted by Gasteiger charge is -2.30. The molecule has 1 aliphatic heterocycles. The van der Waals surface area contributed by atoms with Gasteiger partial charge in [0, 0.05) is 25.2 Å². The summed E-state index contributed by atoms with van der Waals surface area (Å²) in [6, 6.07) is 10.9. The molecule has 2 aromatic rings. The number of rotatable bonds is 7. The second kappa shape index (κ2) is 9.05. The Balaban J connectivity index is 1.32. The van der Waals surface area contributed by atoms with Crippen molar-refractivity contribution in [2.75, 3.05) is 25.5 Å². The van der Waals surface area contributed by atoms with Crippen molar-refractivity contribution >= 4 is 17.7 Å². The lowest BCUT2D eigenvalue weighted by atomic mass is 9.79. The molecule has 150 valence electrons. The topological polar surface area (TPSA) is 81.9 Å². The van der Waals surface area contributed by atoms with Gasteiger partial charge in [0.05, 0.1) is 11.8 Å². The van der Waals surface area contributed by atoms with Crippen LogP contribution < -0.4 is 5.32 Å². The maximum Gasteiger partial charge on any atom is 0.230 e. The van der Waals surface area contributed by atoms with Crippen LogP contribution in [0.1, 0.15) is 50.1 Å². The van der Waals surface area contributed by atoms with Gasteiger partial charge in [-0.3, -0.25) is 4.79 Å². The summed E-state index contributed by atoms with van der Waals surface area (Å²) in [4.78, 5) is 12.5. The van der Waals surface area contributed by atoms with Crippen LogP contribution in [0.2, 0.25) is 0 Å². The highest BCUT2D eigenvalue weighted by molar-refractivity contribution is 7.99. The number of hydrogen-bond donors (Lipinski definition) is 1. The van der Waals surface area contributed by atoms with Crippen molar-refractivity contribution in [1.29, 1.82) is 0 Å². The quantitative estimate of drug-likeness (QED) is 0.719. The number of carbonyl (C=O) groups excluding carboxylic acids is 1. The molecular weight excluding hydrogens is 374 g/mol. The highest BCUT2D eigenvalue weighted by atomic mass is 32.2. The van der Waals surface area contributed by atoms with Gasteiger partial charge >= 0.3 is 0 Å². The van der Waals surface area contributed by atoms with Gasteiger partial charge in [-0.25, -0.2) is 4.68 Å². The third-order valence-corrected chi connectivity index (χ3v) is 6.84. The normalized spacial score (nSPS) is 19.6. The van der Waals surface area contributed by atoms with Gasteiger partial charge in [0.25, 0.3) is 0 Å². The predicted octanol–water partition coefficient (Wildman–Crippen LogP) is 2.74. The molecule has 1 aromatic heterocycles. The Labute approximate surface area is 169 Å². The third kappa shape index (κ3) is 4.38. The first-order valence-corrected chi connectivity index (χ1v) is 11.1. The summed E-state index contributed by atoms with van der Waals surface area (Å²) >= 11 is 1.41. The lowest BCUT2D eigenvalue weighted by Crippen LogP contribution is -2.39. The highest BCUT2D eigenvalue weighted by Gasteiger charge is 2.35. The van der Waals surface area contributed by atoms with Gasteiger partial charge in [-0.1, -0.05) is 54.9 Å². The summed E-state index contributed by atoms with van der Waals surface area (Å²) in [5, 5.41) is 15.9. The number of nitrogens with one attached hydrogen (secondary N) is 1. The molecule has 0 unspecified atom stereocenters. The van der Waals surface area contributed by atoms with Gasteiger partial charge in [-0.05, 0) is 41.7 Å². The Morgan fingerprint density at radius 3 is 2.71 bits per heavy atom. The van der Waals surface area contributed by atoms with Gasteiger partial charge in [0.15, 0.2) is 0 Å².